The summed E-state index contributed by atoms with van der Waals surface area (Å²) in [5, 5.41) is 3.51. The van der Waals surface area contributed by atoms with Crippen molar-refractivity contribution < 1.29 is 14.4 Å². The van der Waals surface area contributed by atoms with Crippen LogP contribution in [-0.2, 0) is 9.98 Å². The molecule has 3 aliphatic carbocycles. The van der Waals surface area contributed by atoms with Gasteiger partial charge in [0.1, 0.15) is 0 Å². The molecule has 136 valence electrons. The van der Waals surface area contributed by atoms with Gasteiger partial charge in [0.15, 0.2) is 0 Å². The minimum absolute atomic E-state index is 0.0226. The Kier molecular flexibility index (Phi) is 3.55. The van der Waals surface area contributed by atoms with Crippen molar-refractivity contribution in [1.82, 2.24) is 5.32 Å². The van der Waals surface area contributed by atoms with E-state index < -0.39 is 7.60 Å². The first kappa shape index (κ1) is 16.7. The number of fused-ring (bicyclic) bond motifs is 1. The Morgan fingerprint density at radius 2 is 1.81 bits per heavy atom. The first-order chi connectivity index (χ1) is 12.5. The molecule has 0 radical (unpaired) electrons. The van der Waals surface area contributed by atoms with Crippen molar-refractivity contribution in [2.45, 2.75) is 24.2 Å². The van der Waals surface area contributed by atoms with E-state index >= 15 is 0 Å². The highest BCUT2D eigenvalue weighted by atomic mass is 31.2. The van der Waals surface area contributed by atoms with Gasteiger partial charge in [0.25, 0.3) is 0 Å². The second kappa shape index (κ2) is 5.53. The van der Waals surface area contributed by atoms with Gasteiger partial charge in [0, 0.05) is 17.4 Å². The standard InChI is InChI=1S/C21H24NO3P/c23-26(24,25)14-20-13-22-12-19(20)21(15-6-2-1-3-7-15)11-10-17(20)16-8-4-5-9-18(16)21/h1-9,17,19,22H,10-14H2,(H2,23,24,25). The maximum Gasteiger partial charge on any atom is 0.326 e. The lowest BCUT2D eigenvalue weighted by molar-refractivity contribution is 0.0499. The molecule has 4 nitrogen and oxygen atoms in total. The van der Waals surface area contributed by atoms with Crippen molar-refractivity contribution >= 4 is 7.60 Å². The van der Waals surface area contributed by atoms with Crippen LogP contribution in [-0.4, -0.2) is 29.0 Å². The monoisotopic (exact) mass is 369 g/mol. The fourth-order valence-electron chi connectivity index (χ4n) is 6.53. The number of hydrogen-bond donors (Lipinski definition) is 3. The van der Waals surface area contributed by atoms with E-state index in [0.29, 0.717) is 6.54 Å². The summed E-state index contributed by atoms with van der Waals surface area (Å²) in [5.41, 5.74) is 3.43. The highest BCUT2D eigenvalue weighted by molar-refractivity contribution is 7.51. The van der Waals surface area contributed by atoms with Gasteiger partial charge in [-0.1, -0.05) is 54.6 Å². The Hall–Kier alpha value is -1.45. The molecular weight excluding hydrogens is 345 g/mol. The number of hydrogen-bond acceptors (Lipinski definition) is 2. The molecule has 0 spiro atoms. The van der Waals surface area contributed by atoms with Crippen molar-refractivity contribution in [3.63, 3.8) is 0 Å². The molecule has 2 aromatic rings. The lowest BCUT2D eigenvalue weighted by Gasteiger charge is -2.61. The summed E-state index contributed by atoms with van der Waals surface area (Å²) >= 11 is 0. The van der Waals surface area contributed by atoms with Crippen molar-refractivity contribution in [3.8, 4) is 0 Å². The normalized spacial score (nSPS) is 35.2. The van der Waals surface area contributed by atoms with Gasteiger partial charge >= 0.3 is 7.60 Å². The lowest BCUT2D eigenvalue weighted by atomic mass is 9.42. The molecule has 0 aromatic heterocycles. The number of nitrogens with one attached hydrogen (secondary N) is 1. The molecule has 6 rings (SSSR count). The van der Waals surface area contributed by atoms with Crippen molar-refractivity contribution in [1.29, 1.82) is 0 Å². The third-order valence-electron chi connectivity index (χ3n) is 7.22. The molecule has 26 heavy (non-hydrogen) atoms. The first-order valence-corrected chi connectivity index (χ1v) is 11.2. The minimum Gasteiger partial charge on any atom is -0.324 e. The van der Waals surface area contributed by atoms with Crippen LogP contribution in [0.2, 0.25) is 0 Å². The number of rotatable bonds is 3. The molecule has 2 bridgehead atoms. The quantitative estimate of drug-likeness (QED) is 0.727. The van der Waals surface area contributed by atoms with Crippen LogP contribution in [0, 0.1) is 11.3 Å². The Balaban J connectivity index is 1.80. The van der Waals surface area contributed by atoms with E-state index in [1.54, 1.807) is 0 Å². The SMILES string of the molecule is O=P(O)(O)CC12CNCC1C1(c3ccccc3)CCC2c2ccccc21. The fourth-order valence-corrected chi connectivity index (χ4v) is 7.85. The third-order valence-corrected chi connectivity index (χ3v) is 8.22. The average molecular weight is 369 g/mol. The van der Waals surface area contributed by atoms with Crippen LogP contribution in [0.3, 0.4) is 0 Å². The van der Waals surface area contributed by atoms with E-state index in [2.05, 4.69) is 53.8 Å². The van der Waals surface area contributed by atoms with Gasteiger partial charge in [0.05, 0.1) is 6.16 Å². The maximum atomic E-state index is 12.1. The van der Waals surface area contributed by atoms with Crippen LogP contribution >= 0.6 is 7.60 Å². The number of benzene rings is 2. The molecule has 4 aliphatic rings. The molecule has 3 N–H and O–H groups in total. The predicted octanol–water partition coefficient (Wildman–Crippen LogP) is 3.25. The Labute approximate surface area is 153 Å². The van der Waals surface area contributed by atoms with Gasteiger partial charge in [-0.3, -0.25) is 4.57 Å². The van der Waals surface area contributed by atoms with Crippen LogP contribution in [0.15, 0.2) is 54.6 Å². The average Bonchev–Trinajstić information content (AvgIpc) is 3.07. The van der Waals surface area contributed by atoms with Crippen LogP contribution in [0.1, 0.15) is 35.4 Å². The van der Waals surface area contributed by atoms with Gasteiger partial charge in [0.2, 0.25) is 0 Å². The molecule has 4 unspecified atom stereocenters. The minimum atomic E-state index is -4.12. The van der Waals surface area contributed by atoms with Crippen LogP contribution in [0.25, 0.3) is 0 Å². The van der Waals surface area contributed by atoms with Gasteiger partial charge in [-0.15, -0.1) is 0 Å². The molecular formula is C21H24NO3P. The van der Waals surface area contributed by atoms with E-state index in [9.17, 15) is 14.4 Å². The maximum absolute atomic E-state index is 12.1. The van der Waals surface area contributed by atoms with Crippen LogP contribution in [0.4, 0.5) is 0 Å². The van der Waals surface area contributed by atoms with E-state index in [1.807, 2.05) is 6.07 Å². The topological polar surface area (TPSA) is 69.6 Å². The first-order valence-electron chi connectivity index (χ1n) is 9.38. The zero-order valence-electron chi connectivity index (χ0n) is 14.6. The second-order valence-electron chi connectivity index (χ2n) is 8.26. The smallest absolute Gasteiger partial charge is 0.324 e. The molecule has 5 heteroatoms. The highest BCUT2D eigenvalue weighted by Crippen LogP contribution is 2.69. The van der Waals surface area contributed by atoms with Gasteiger partial charge < -0.3 is 15.1 Å². The second-order valence-corrected chi connectivity index (χ2v) is 9.90. The predicted molar refractivity (Wildman–Crippen MR) is 101 cm³/mol. The third kappa shape index (κ3) is 2.10. The molecule has 2 aromatic carbocycles. The molecule has 0 amide bonds. The van der Waals surface area contributed by atoms with Gasteiger partial charge in [-0.05, 0) is 47.9 Å². The summed E-state index contributed by atoms with van der Waals surface area (Å²) in [6.07, 6.45) is 2.02. The van der Waals surface area contributed by atoms with Crippen LogP contribution in [0.5, 0.6) is 0 Å². The van der Waals surface area contributed by atoms with E-state index in [4.69, 9.17) is 0 Å². The van der Waals surface area contributed by atoms with Crippen LogP contribution < -0.4 is 5.32 Å². The van der Waals surface area contributed by atoms with Crippen molar-refractivity contribution in [2.24, 2.45) is 11.3 Å². The Bertz CT molecular complexity index is 895. The summed E-state index contributed by atoms with van der Waals surface area (Å²) in [5.74, 6) is 0.426. The highest BCUT2D eigenvalue weighted by Gasteiger charge is 2.66. The van der Waals surface area contributed by atoms with Gasteiger partial charge in [-0.2, -0.15) is 0 Å². The summed E-state index contributed by atoms with van der Waals surface area (Å²) in [4.78, 5) is 19.9. The molecule has 1 saturated carbocycles. The summed E-state index contributed by atoms with van der Waals surface area (Å²) in [6.45, 7) is 1.51. The Morgan fingerprint density at radius 3 is 2.58 bits per heavy atom. The molecule has 1 aliphatic heterocycles. The van der Waals surface area contributed by atoms with Gasteiger partial charge in [-0.25, -0.2) is 0 Å². The summed E-state index contributed by atoms with van der Waals surface area (Å²) in [7, 11) is -4.12. The Morgan fingerprint density at radius 1 is 1.08 bits per heavy atom. The molecule has 2 fully saturated rings. The van der Waals surface area contributed by atoms with Crippen molar-refractivity contribution in [2.75, 3.05) is 19.3 Å². The largest absolute Gasteiger partial charge is 0.326 e. The van der Waals surface area contributed by atoms with E-state index in [0.717, 1.165) is 19.4 Å². The summed E-state index contributed by atoms with van der Waals surface area (Å²) in [6, 6.07) is 19.2. The zero-order valence-corrected chi connectivity index (χ0v) is 15.5. The molecule has 1 saturated heterocycles. The molecule has 1 heterocycles. The van der Waals surface area contributed by atoms with E-state index in [1.165, 1.54) is 16.7 Å². The molecule has 4 atom stereocenters. The summed E-state index contributed by atoms with van der Waals surface area (Å²) < 4.78 is 12.1. The zero-order chi connectivity index (χ0) is 18.0. The van der Waals surface area contributed by atoms with Crippen molar-refractivity contribution in [3.05, 3.63) is 71.3 Å². The van der Waals surface area contributed by atoms with E-state index in [-0.39, 0.29) is 28.8 Å². The lowest BCUT2D eigenvalue weighted by Crippen LogP contribution is -2.58. The fraction of sp³-hybridized carbons (Fsp3) is 0.429.